The molecule has 0 aliphatic heterocycles. The lowest BCUT2D eigenvalue weighted by Gasteiger charge is -2.05. The molecule has 17 heavy (non-hydrogen) atoms. The summed E-state index contributed by atoms with van der Waals surface area (Å²) in [6, 6.07) is 6.90. The molecule has 0 unspecified atom stereocenters. The van der Waals surface area contributed by atoms with Crippen molar-refractivity contribution in [3.05, 3.63) is 35.4 Å². The third kappa shape index (κ3) is 4.65. The standard InChI is InChI=1S/C12H15NO4/c1-3-16-8-11(14)13-17-12(15)10-6-4-5-9(2)7-10/h4-7H,3,8H2,1-2H3,(H,13,14). The monoisotopic (exact) mass is 237 g/mol. The summed E-state index contributed by atoms with van der Waals surface area (Å²) in [6.07, 6.45) is 0. The highest BCUT2D eigenvalue weighted by atomic mass is 16.7. The van der Waals surface area contributed by atoms with Crippen molar-refractivity contribution < 1.29 is 19.2 Å². The van der Waals surface area contributed by atoms with Crippen LogP contribution in [0.3, 0.4) is 0 Å². The molecule has 0 saturated carbocycles. The highest BCUT2D eigenvalue weighted by Crippen LogP contribution is 2.04. The number of amides is 1. The molecule has 1 rings (SSSR count). The number of hydroxylamine groups is 1. The first-order chi connectivity index (χ1) is 8.13. The lowest BCUT2D eigenvalue weighted by atomic mass is 10.1. The maximum absolute atomic E-state index is 11.5. The van der Waals surface area contributed by atoms with E-state index in [1.807, 2.05) is 18.5 Å². The van der Waals surface area contributed by atoms with E-state index in [-0.39, 0.29) is 6.61 Å². The fourth-order valence-corrected chi connectivity index (χ4v) is 1.16. The summed E-state index contributed by atoms with van der Waals surface area (Å²) >= 11 is 0. The number of nitrogens with one attached hydrogen (secondary N) is 1. The Hall–Kier alpha value is -1.88. The molecular weight excluding hydrogens is 222 g/mol. The number of carbonyl (C=O) groups is 2. The molecule has 1 aromatic carbocycles. The van der Waals surface area contributed by atoms with E-state index in [1.165, 1.54) is 0 Å². The third-order valence-electron chi connectivity index (χ3n) is 1.95. The molecule has 0 atom stereocenters. The Morgan fingerprint density at radius 3 is 2.76 bits per heavy atom. The van der Waals surface area contributed by atoms with E-state index in [0.29, 0.717) is 12.2 Å². The second-order valence-corrected chi connectivity index (χ2v) is 3.42. The van der Waals surface area contributed by atoms with Crippen molar-refractivity contribution in [2.75, 3.05) is 13.2 Å². The van der Waals surface area contributed by atoms with Crippen LogP contribution in [0.2, 0.25) is 0 Å². The van der Waals surface area contributed by atoms with Crippen LogP contribution in [-0.4, -0.2) is 25.1 Å². The molecular formula is C12H15NO4. The number of benzene rings is 1. The topological polar surface area (TPSA) is 64.6 Å². The van der Waals surface area contributed by atoms with Gasteiger partial charge in [0.1, 0.15) is 6.61 Å². The Morgan fingerprint density at radius 1 is 1.35 bits per heavy atom. The van der Waals surface area contributed by atoms with Gasteiger partial charge in [-0.2, -0.15) is 5.48 Å². The number of ether oxygens (including phenoxy) is 1. The third-order valence-corrected chi connectivity index (χ3v) is 1.95. The highest BCUT2D eigenvalue weighted by Gasteiger charge is 2.09. The van der Waals surface area contributed by atoms with Crippen molar-refractivity contribution in [3.63, 3.8) is 0 Å². The number of carbonyl (C=O) groups excluding carboxylic acids is 2. The Balaban J connectivity index is 2.42. The number of hydrogen-bond donors (Lipinski definition) is 1. The van der Waals surface area contributed by atoms with Gasteiger partial charge in [0.25, 0.3) is 5.91 Å². The summed E-state index contributed by atoms with van der Waals surface area (Å²) < 4.78 is 4.85. The van der Waals surface area contributed by atoms with Gasteiger partial charge in [0.05, 0.1) is 5.56 Å². The lowest BCUT2D eigenvalue weighted by molar-refractivity contribution is -0.134. The van der Waals surface area contributed by atoms with Crippen LogP contribution >= 0.6 is 0 Å². The average Bonchev–Trinajstić information content (AvgIpc) is 2.33. The fourth-order valence-electron chi connectivity index (χ4n) is 1.16. The fraction of sp³-hybridized carbons (Fsp3) is 0.333. The van der Waals surface area contributed by atoms with Gasteiger partial charge < -0.3 is 9.57 Å². The summed E-state index contributed by atoms with van der Waals surface area (Å²) in [5.74, 6) is -1.09. The van der Waals surface area contributed by atoms with Crippen LogP contribution in [0.25, 0.3) is 0 Å². The van der Waals surface area contributed by atoms with Crippen molar-refractivity contribution in [2.24, 2.45) is 0 Å². The Bertz CT molecular complexity index is 403. The van der Waals surface area contributed by atoms with Crippen molar-refractivity contribution in [1.82, 2.24) is 5.48 Å². The molecule has 0 saturated heterocycles. The second kappa shape index (κ2) is 6.65. The zero-order valence-electron chi connectivity index (χ0n) is 9.86. The van der Waals surface area contributed by atoms with E-state index < -0.39 is 11.9 Å². The summed E-state index contributed by atoms with van der Waals surface area (Å²) in [6.45, 7) is 3.94. The van der Waals surface area contributed by atoms with Gasteiger partial charge in [0.2, 0.25) is 0 Å². The van der Waals surface area contributed by atoms with Crippen molar-refractivity contribution >= 4 is 11.9 Å². The van der Waals surface area contributed by atoms with Crippen LogP contribution in [0.4, 0.5) is 0 Å². The molecule has 0 spiro atoms. The quantitative estimate of drug-likeness (QED) is 0.800. The van der Waals surface area contributed by atoms with Gasteiger partial charge in [0.15, 0.2) is 0 Å². The predicted molar refractivity (Wildman–Crippen MR) is 61.2 cm³/mol. The number of rotatable bonds is 4. The van der Waals surface area contributed by atoms with E-state index >= 15 is 0 Å². The summed E-state index contributed by atoms with van der Waals surface area (Å²) in [5.41, 5.74) is 3.36. The minimum atomic E-state index is -0.599. The molecule has 0 heterocycles. The zero-order chi connectivity index (χ0) is 12.7. The Labute approximate surface area is 99.7 Å². The normalized spacial score (nSPS) is 9.76. The lowest BCUT2D eigenvalue weighted by Crippen LogP contribution is -2.30. The minimum absolute atomic E-state index is 0.127. The SMILES string of the molecule is CCOCC(=O)NOC(=O)c1cccc(C)c1. The Morgan fingerprint density at radius 2 is 2.12 bits per heavy atom. The predicted octanol–water partition coefficient (Wildman–Crippen LogP) is 1.22. The number of hydrogen-bond acceptors (Lipinski definition) is 4. The van der Waals surface area contributed by atoms with Crippen LogP contribution in [0.1, 0.15) is 22.8 Å². The van der Waals surface area contributed by atoms with Crippen LogP contribution in [0.15, 0.2) is 24.3 Å². The maximum atomic E-state index is 11.5. The van der Waals surface area contributed by atoms with Gasteiger partial charge in [-0.15, -0.1) is 0 Å². The first-order valence-corrected chi connectivity index (χ1v) is 5.28. The molecule has 1 N–H and O–H groups in total. The van der Waals surface area contributed by atoms with E-state index in [0.717, 1.165) is 5.56 Å². The first-order valence-electron chi connectivity index (χ1n) is 5.28. The Kier molecular flexibility index (Phi) is 5.16. The molecule has 1 aromatic rings. The molecule has 1 amide bonds. The molecule has 0 fully saturated rings. The average molecular weight is 237 g/mol. The molecule has 0 aliphatic carbocycles. The van der Waals surface area contributed by atoms with Crippen LogP contribution in [0, 0.1) is 6.92 Å². The largest absolute Gasteiger partial charge is 0.372 e. The van der Waals surface area contributed by atoms with Gasteiger partial charge in [-0.3, -0.25) is 4.79 Å². The molecule has 5 heteroatoms. The van der Waals surface area contributed by atoms with Crippen LogP contribution in [0.5, 0.6) is 0 Å². The van der Waals surface area contributed by atoms with Gasteiger partial charge in [0, 0.05) is 6.61 Å². The molecule has 92 valence electrons. The van der Waals surface area contributed by atoms with Crippen molar-refractivity contribution in [2.45, 2.75) is 13.8 Å². The van der Waals surface area contributed by atoms with Gasteiger partial charge >= 0.3 is 5.97 Å². The van der Waals surface area contributed by atoms with Crippen LogP contribution < -0.4 is 5.48 Å². The molecule has 0 radical (unpaired) electrons. The first kappa shape index (κ1) is 13.2. The maximum Gasteiger partial charge on any atom is 0.362 e. The second-order valence-electron chi connectivity index (χ2n) is 3.42. The van der Waals surface area contributed by atoms with Gasteiger partial charge in [-0.1, -0.05) is 17.7 Å². The molecule has 5 nitrogen and oxygen atoms in total. The van der Waals surface area contributed by atoms with E-state index in [9.17, 15) is 9.59 Å². The van der Waals surface area contributed by atoms with Gasteiger partial charge in [-0.25, -0.2) is 4.79 Å². The van der Waals surface area contributed by atoms with E-state index in [4.69, 9.17) is 4.74 Å². The zero-order valence-corrected chi connectivity index (χ0v) is 9.86. The molecule has 0 aliphatic rings. The van der Waals surface area contributed by atoms with Crippen molar-refractivity contribution in [1.29, 1.82) is 0 Å². The highest BCUT2D eigenvalue weighted by molar-refractivity contribution is 5.90. The number of aryl methyl sites for hydroxylation is 1. The van der Waals surface area contributed by atoms with E-state index in [2.05, 4.69) is 4.84 Å². The summed E-state index contributed by atoms with van der Waals surface area (Å²) in [5, 5.41) is 0. The smallest absolute Gasteiger partial charge is 0.362 e. The molecule has 0 aromatic heterocycles. The molecule has 0 bridgehead atoms. The van der Waals surface area contributed by atoms with Crippen LogP contribution in [-0.2, 0) is 14.4 Å². The van der Waals surface area contributed by atoms with Crippen molar-refractivity contribution in [3.8, 4) is 0 Å². The summed E-state index contributed by atoms with van der Waals surface area (Å²) in [4.78, 5) is 27.2. The van der Waals surface area contributed by atoms with E-state index in [1.54, 1.807) is 25.1 Å². The minimum Gasteiger partial charge on any atom is -0.372 e. The van der Waals surface area contributed by atoms with Gasteiger partial charge in [-0.05, 0) is 26.0 Å². The summed E-state index contributed by atoms with van der Waals surface area (Å²) in [7, 11) is 0.